The van der Waals surface area contributed by atoms with Crippen LogP contribution in [-0.2, 0) is 143 Å². The van der Waals surface area contributed by atoms with E-state index in [2.05, 4.69) is 81.5 Å². The van der Waals surface area contributed by atoms with E-state index in [-0.39, 0.29) is 29.6 Å². The summed E-state index contributed by atoms with van der Waals surface area (Å²) in [4.78, 5) is 38.6. The molecule has 2 heterocycles. The van der Waals surface area contributed by atoms with E-state index in [0.717, 1.165) is 86.5 Å². The van der Waals surface area contributed by atoms with Gasteiger partial charge in [-0.15, -0.1) is 0 Å². The number of fused-ring (bicyclic) bond motifs is 3. The van der Waals surface area contributed by atoms with Gasteiger partial charge in [-0.2, -0.15) is 0 Å². The second-order valence-corrected chi connectivity index (χ2v) is 31.6. The number of imide groups is 1. The Morgan fingerprint density at radius 1 is 0.357 bits per heavy atom. The molecule has 4 aliphatic rings. The fourth-order valence-corrected chi connectivity index (χ4v) is 14.3. The fourth-order valence-electron chi connectivity index (χ4n) is 14.3. The lowest BCUT2D eigenvalue weighted by Gasteiger charge is -2.33. The van der Waals surface area contributed by atoms with Gasteiger partial charge in [-0.1, -0.05) is 42.5 Å². The molecule has 32 nitrogen and oxygen atoms in total. The SMILES string of the molecule is COCCOCCOCCOCCOCCOCCOCCOCCOCCOCCOCCOCCCC1(CCCOCCOCCOCCOCCOCCOCCOCCOCCOCCOCCOCCOC)c2cc(B3OC(C)(C)C(C)(C)O3)ccc2-c2ccc(-c3ccc(OCCCCNC(=O)C4CCC(CN5C(=O)C=CC5=O)CC4)cc3)cc21. The summed E-state index contributed by atoms with van der Waals surface area (Å²) in [7, 11) is 2.74. The molecular formula is C93H151BN2O30. The zero-order valence-corrected chi connectivity index (χ0v) is 76.6. The molecular weight excluding hydrogens is 1640 g/mol. The number of rotatable bonds is 85. The van der Waals surface area contributed by atoms with E-state index in [1.165, 1.54) is 39.3 Å². The Hall–Kier alpha value is -5.17. The van der Waals surface area contributed by atoms with Crippen molar-refractivity contribution in [1.82, 2.24) is 10.2 Å². The summed E-state index contributed by atoms with van der Waals surface area (Å²) in [5, 5.41) is 3.13. The minimum atomic E-state index is -0.548. The highest BCUT2D eigenvalue weighted by Crippen LogP contribution is 2.55. The molecule has 0 bridgehead atoms. The number of nitrogens with zero attached hydrogens (tertiary/aromatic N) is 1. The molecule has 2 fully saturated rings. The van der Waals surface area contributed by atoms with Crippen molar-refractivity contribution in [2.45, 2.75) is 109 Å². The summed E-state index contributed by atoms with van der Waals surface area (Å²) in [6, 6.07) is 21.9. The molecule has 716 valence electrons. The van der Waals surface area contributed by atoms with Crippen LogP contribution in [0.2, 0.25) is 0 Å². The smallest absolute Gasteiger partial charge is 0.494 e. The summed E-state index contributed by atoms with van der Waals surface area (Å²) >= 11 is 0. The molecule has 33 heteroatoms. The minimum absolute atomic E-state index is 0.0559. The summed E-state index contributed by atoms with van der Waals surface area (Å²) in [6.07, 6.45) is 10.5. The lowest BCUT2D eigenvalue weighted by molar-refractivity contribution is -0.138. The monoisotopic (exact) mass is 1790 g/mol. The van der Waals surface area contributed by atoms with Gasteiger partial charge >= 0.3 is 7.12 Å². The molecule has 0 aromatic heterocycles. The summed E-state index contributed by atoms with van der Waals surface area (Å²) < 4.78 is 154. The summed E-state index contributed by atoms with van der Waals surface area (Å²) in [6.45, 7) is 32.2. The molecule has 1 N–H and O–H groups in total. The molecule has 2 aliphatic heterocycles. The standard InChI is InChI=1S/C93H151BN2O30/c1-91(2)92(3,4)126-94(125-91)82-18-22-85-84-21-17-81(79-15-19-83(20-16-79)124-30-8-7-27-95-90(99)80-13-11-78(12-14-80)77-96-88(97)23-24-89(96)98)75-86(84)93(87(85)76-82,25-9-28-102-35-37-106-43-45-110-51-53-114-59-61-118-67-69-122-73-71-120-65-63-116-57-55-112-49-47-108-41-39-104-33-31-100-5)26-10-29-103-36-38-107-44-46-111-52-54-115-60-62-119-68-70-123-74-72-121-66-64-117-58-56-113-50-48-109-42-40-105-34-32-101-6/h15-24,75-76,78,80H,7-14,25-74,77H2,1-6H3,(H,95,99). The van der Waals surface area contributed by atoms with E-state index in [9.17, 15) is 14.4 Å². The van der Waals surface area contributed by atoms with Crippen molar-refractivity contribution in [1.29, 1.82) is 0 Å². The third kappa shape index (κ3) is 44.8. The van der Waals surface area contributed by atoms with Gasteiger partial charge in [0.25, 0.3) is 11.8 Å². The Morgan fingerprint density at radius 2 is 0.659 bits per heavy atom. The molecule has 0 unspecified atom stereocenters. The number of ether oxygens (including phenoxy) is 25. The van der Waals surface area contributed by atoms with Gasteiger partial charge in [0.05, 0.1) is 309 Å². The Morgan fingerprint density at radius 3 is 0.992 bits per heavy atom. The summed E-state index contributed by atoms with van der Waals surface area (Å²) in [5.41, 5.74) is 6.55. The molecule has 7 rings (SSSR count). The molecule has 126 heavy (non-hydrogen) atoms. The number of methoxy groups -OCH3 is 2. The third-order valence-corrected chi connectivity index (χ3v) is 21.9. The number of carbonyl (C=O) groups is 3. The third-order valence-electron chi connectivity index (χ3n) is 21.9. The lowest BCUT2D eigenvalue weighted by Crippen LogP contribution is -2.41. The van der Waals surface area contributed by atoms with E-state index < -0.39 is 23.7 Å². The molecule has 0 atom stereocenters. The number of unbranched alkanes of at least 4 members (excludes halogenated alkanes) is 1. The van der Waals surface area contributed by atoms with Gasteiger partial charge in [0.15, 0.2) is 0 Å². The Bertz CT molecular complexity index is 3170. The first kappa shape index (κ1) is 108. The van der Waals surface area contributed by atoms with Crippen molar-refractivity contribution in [3.8, 4) is 28.0 Å². The normalized spacial score (nSPS) is 16.3. The molecule has 3 aromatic carbocycles. The molecule has 0 radical (unpaired) electrons. The van der Waals surface area contributed by atoms with Crippen LogP contribution < -0.4 is 15.5 Å². The van der Waals surface area contributed by atoms with Crippen LogP contribution in [0.4, 0.5) is 0 Å². The quantitative estimate of drug-likeness (QED) is 0.0316. The number of nitrogens with one attached hydrogen (secondary N) is 1. The van der Waals surface area contributed by atoms with Crippen LogP contribution in [0.25, 0.3) is 22.3 Å². The number of amides is 3. The summed E-state index contributed by atoms with van der Waals surface area (Å²) in [5.74, 6) is 0.512. The van der Waals surface area contributed by atoms with Gasteiger partial charge in [0, 0.05) is 64.0 Å². The Kier molecular flexibility index (Phi) is 58.9. The average molecular weight is 1790 g/mol. The number of carbonyl (C=O) groups excluding carboxylic acids is 3. The van der Waals surface area contributed by atoms with E-state index in [0.29, 0.717) is 324 Å². The Labute approximate surface area is 749 Å². The molecule has 2 aliphatic carbocycles. The predicted octanol–water partition coefficient (Wildman–Crippen LogP) is 8.14. The van der Waals surface area contributed by atoms with Crippen molar-refractivity contribution in [2.75, 3.05) is 338 Å². The topological polar surface area (TPSA) is 316 Å². The van der Waals surface area contributed by atoms with Crippen LogP contribution in [0.1, 0.15) is 103 Å². The van der Waals surface area contributed by atoms with Crippen LogP contribution >= 0.6 is 0 Å². The zero-order valence-electron chi connectivity index (χ0n) is 76.6. The van der Waals surface area contributed by atoms with E-state index in [1.807, 2.05) is 12.1 Å². The highest BCUT2D eigenvalue weighted by Gasteiger charge is 2.53. The van der Waals surface area contributed by atoms with Crippen molar-refractivity contribution in [3.63, 3.8) is 0 Å². The Balaban J connectivity index is 0.785. The average Bonchev–Trinajstić information content (AvgIpc) is 1.56. The van der Waals surface area contributed by atoms with Crippen LogP contribution in [0.5, 0.6) is 5.75 Å². The largest absolute Gasteiger partial charge is 0.494 e. The van der Waals surface area contributed by atoms with Crippen LogP contribution in [0, 0.1) is 11.8 Å². The van der Waals surface area contributed by atoms with E-state index in [1.54, 1.807) is 14.2 Å². The maximum absolute atomic E-state index is 13.1. The maximum atomic E-state index is 13.1. The second-order valence-electron chi connectivity index (χ2n) is 31.6. The zero-order chi connectivity index (χ0) is 89.2. The number of hydrogen-bond donors (Lipinski definition) is 1. The molecule has 1 saturated heterocycles. The number of benzene rings is 3. The molecule has 3 aromatic rings. The van der Waals surface area contributed by atoms with Gasteiger partial charge in [0.1, 0.15) is 5.75 Å². The van der Waals surface area contributed by atoms with Crippen molar-refractivity contribution in [3.05, 3.63) is 83.9 Å². The van der Waals surface area contributed by atoms with Gasteiger partial charge in [-0.3, -0.25) is 19.3 Å². The van der Waals surface area contributed by atoms with Crippen LogP contribution in [0.3, 0.4) is 0 Å². The van der Waals surface area contributed by atoms with Crippen molar-refractivity contribution in [2.24, 2.45) is 11.8 Å². The van der Waals surface area contributed by atoms with Crippen LogP contribution in [-0.4, -0.2) is 379 Å². The first-order valence-electron chi connectivity index (χ1n) is 45.7. The molecule has 3 amide bonds. The van der Waals surface area contributed by atoms with Gasteiger partial charge < -0.3 is 133 Å². The van der Waals surface area contributed by atoms with Gasteiger partial charge in [-0.05, 0) is 155 Å². The second kappa shape index (κ2) is 68.8. The molecule has 1 saturated carbocycles. The highest BCUT2D eigenvalue weighted by molar-refractivity contribution is 6.62. The number of hydrogen-bond acceptors (Lipinski definition) is 30. The van der Waals surface area contributed by atoms with Gasteiger partial charge in [-0.25, -0.2) is 0 Å². The van der Waals surface area contributed by atoms with Gasteiger partial charge in [0.2, 0.25) is 5.91 Å². The predicted molar refractivity (Wildman–Crippen MR) is 473 cm³/mol. The minimum Gasteiger partial charge on any atom is -0.494 e. The highest BCUT2D eigenvalue weighted by atomic mass is 16.7. The van der Waals surface area contributed by atoms with E-state index in [4.69, 9.17) is 128 Å². The first-order valence-corrected chi connectivity index (χ1v) is 45.7. The molecule has 0 spiro atoms. The first-order chi connectivity index (χ1) is 61.9. The van der Waals surface area contributed by atoms with E-state index >= 15 is 0 Å². The van der Waals surface area contributed by atoms with Crippen molar-refractivity contribution < 1.29 is 142 Å². The lowest BCUT2D eigenvalue weighted by atomic mass is 9.69. The van der Waals surface area contributed by atoms with Crippen molar-refractivity contribution >= 4 is 30.3 Å². The fraction of sp³-hybridized carbons (Fsp3) is 0.753. The maximum Gasteiger partial charge on any atom is 0.494 e. The van der Waals surface area contributed by atoms with Crippen LogP contribution in [0.15, 0.2) is 72.8 Å².